The number of nitrogen functional groups attached to an aromatic ring is 1. The number of nitrogens with zero attached hydrogens (tertiary/aromatic N) is 1. The Bertz CT molecular complexity index is 536. The van der Waals surface area contributed by atoms with Gasteiger partial charge in [0, 0.05) is 5.56 Å². The fourth-order valence-electron chi connectivity index (χ4n) is 1.53. The minimum atomic E-state index is -0.218. The van der Waals surface area contributed by atoms with Crippen LogP contribution in [0, 0.1) is 0 Å². The first-order valence-corrected chi connectivity index (χ1v) is 6.64. The van der Waals surface area contributed by atoms with Crippen LogP contribution in [0.3, 0.4) is 0 Å². The van der Waals surface area contributed by atoms with Crippen LogP contribution in [0.15, 0.2) is 29.0 Å². The van der Waals surface area contributed by atoms with E-state index < -0.39 is 0 Å². The van der Waals surface area contributed by atoms with E-state index in [9.17, 15) is 4.79 Å². The number of rotatable bonds is 3. The van der Waals surface area contributed by atoms with Gasteiger partial charge in [-0.2, -0.15) is 11.3 Å². The molecule has 0 bridgehead atoms. The van der Waals surface area contributed by atoms with E-state index >= 15 is 0 Å². The molecule has 2 rings (SSSR count). The lowest BCUT2D eigenvalue weighted by molar-refractivity contribution is 0.0940. The number of anilines is 1. The fourth-order valence-corrected chi connectivity index (χ4v) is 2.50. The van der Waals surface area contributed by atoms with Gasteiger partial charge in [0.15, 0.2) is 0 Å². The third-order valence-corrected chi connectivity index (χ3v) is 3.36. The van der Waals surface area contributed by atoms with Crippen molar-refractivity contribution in [3.8, 4) is 0 Å². The molecule has 0 saturated carbocycles. The standard InChI is InChI=1S/C12H12ClN3OS/c1-7(8-2-3-18-6-8)15-12(17)9-4-10(13)16-11(14)5-9/h2-7H,1H3,(H2,14,16)(H,15,17). The second-order valence-electron chi connectivity index (χ2n) is 3.86. The summed E-state index contributed by atoms with van der Waals surface area (Å²) in [5, 5.41) is 7.06. The number of nitrogens with two attached hydrogens (primary N) is 1. The predicted octanol–water partition coefficient (Wildman–Crippen LogP) is 2.87. The molecular weight excluding hydrogens is 270 g/mol. The molecule has 4 nitrogen and oxygen atoms in total. The van der Waals surface area contributed by atoms with Crippen LogP contribution in [0.1, 0.15) is 28.9 Å². The summed E-state index contributed by atoms with van der Waals surface area (Å²) in [7, 11) is 0. The number of aromatic nitrogens is 1. The van der Waals surface area contributed by atoms with Crippen molar-refractivity contribution >= 4 is 34.7 Å². The van der Waals surface area contributed by atoms with E-state index in [2.05, 4.69) is 10.3 Å². The Morgan fingerprint density at radius 1 is 1.56 bits per heavy atom. The molecule has 1 amide bonds. The molecule has 0 saturated heterocycles. The number of hydrogen-bond acceptors (Lipinski definition) is 4. The molecule has 0 radical (unpaired) electrons. The van der Waals surface area contributed by atoms with Gasteiger partial charge in [0.2, 0.25) is 0 Å². The third-order valence-electron chi connectivity index (χ3n) is 2.47. The minimum absolute atomic E-state index is 0.0584. The summed E-state index contributed by atoms with van der Waals surface area (Å²) in [6, 6.07) is 4.91. The summed E-state index contributed by atoms with van der Waals surface area (Å²) in [6.45, 7) is 1.92. The molecular formula is C12H12ClN3OS. The van der Waals surface area contributed by atoms with Crippen LogP contribution in [0.4, 0.5) is 5.82 Å². The highest BCUT2D eigenvalue weighted by Crippen LogP contribution is 2.17. The summed E-state index contributed by atoms with van der Waals surface area (Å²) in [5.41, 5.74) is 7.03. The van der Waals surface area contributed by atoms with Crippen molar-refractivity contribution < 1.29 is 4.79 Å². The Hall–Kier alpha value is -1.59. The molecule has 0 aromatic carbocycles. The molecule has 3 N–H and O–H groups in total. The van der Waals surface area contributed by atoms with Gasteiger partial charge >= 0.3 is 0 Å². The topological polar surface area (TPSA) is 68.0 Å². The van der Waals surface area contributed by atoms with Gasteiger partial charge in [-0.15, -0.1) is 0 Å². The Morgan fingerprint density at radius 3 is 2.94 bits per heavy atom. The van der Waals surface area contributed by atoms with E-state index in [1.165, 1.54) is 12.1 Å². The van der Waals surface area contributed by atoms with E-state index in [-0.39, 0.29) is 22.9 Å². The second-order valence-corrected chi connectivity index (χ2v) is 5.02. The highest BCUT2D eigenvalue weighted by atomic mass is 35.5. The van der Waals surface area contributed by atoms with Crippen LogP contribution in [0.5, 0.6) is 0 Å². The summed E-state index contributed by atoms with van der Waals surface area (Å²) in [5.74, 6) is 0.0144. The van der Waals surface area contributed by atoms with Crippen molar-refractivity contribution in [2.75, 3.05) is 5.73 Å². The van der Waals surface area contributed by atoms with Crippen molar-refractivity contribution in [3.63, 3.8) is 0 Å². The quantitative estimate of drug-likeness (QED) is 0.850. The van der Waals surface area contributed by atoms with E-state index in [4.69, 9.17) is 17.3 Å². The molecule has 0 aliphatic heterocycles. The lowest BCUT2D eigenvalue weighted by Gasteiger charge is -2.12. The number of pyridine rings is 1. The molecule has 0 spiro atoms. The summed E-state index contributed by atoms with van der Waals surface area (Å²) < 4.78 is 0. The zero-order valence-electron chi connectivity index (χ0n) is 9.68. The van der Waals surface area contributed by atoms with E-state index in [1.54, 1.807) is 11.3 Å². The van der Waals surface area contributed by atoms with Gasteiger partial charge in [-0.05, 0) is 41.4 Å². The predicted molar refractivity (Wildman–Crippen MR) is 73.9 cm³/mol. The van der Waals surface area contributed by atoms with E-state index in [0.717, 1.165) is 5.56 Å². The molecule has 2 aromatic rings. The maximum atomic E-state index is 12.0. The number of nitrogens with one attached hydrogen (secondary N) is 1. The average molecular weight is 282 g/mol. The highest BCUT2D eigenvalue weighted by molar-refractivity contribution is 7.07. The molecule has 2 heterocycles. The Balaban J connectivity index is 2.12. The van der Waals surface area contributed by atoms with Crippen molar-refractivity contribution in [2.24, 2.45) is 0 Å². The number of carbonyl (C=O) groups is 1. The summed E-state index contributed by atoms with van der Waals surface area (Å²) in [6.07, 6.45) is 0. The van der Waals surface area contributed by atoms with Gasteiger partial charge in [0.25, 0.3) is 5.91 Å². The van der Waals surface area contributed by atoms with Crippen molar-refractivity contribution in [2.45, 2.75) is 13.0 Å². The molecule has 18 heavy (non-hydrogen) atoms. The Kier molecular flexibility index (Phi) is 3.84. The molecule has 0 aliphatic rings. The third kappa shape index (κ3) is 3.00. The molecule has 0 aliphatic carbocycles. The number of halogens is 1. The number of thiophene rings is 1. The molecule has 0 fully saturated rings. The van der Waals surface area contributed by atoms with Crippen molar-refractivity contribution in [1.29, 1.82) is 0 Å². The van der Waals surface area contributed by atoms with E-state index in [0.29, 0.717) is 5.56 Å². The number of hydrogen-bond donors (Lipinski definition) is 2. The van der Waals surface area contributed by atoms with Gasteiger partial charge in [0.05, 0.1) is 6.04 Å². The number of amides is 1. The lowest BCUT2D eigenvalue weighted by Crippen LogP contribution is -2.26. The molecule has 2 aromatic heterocycles. The monoisotopic (exact) mass is 281 g/mol. The fraction of sp³-hybridized carbons (Fsp3) is 0.167. The Morgan fingerprint density at radius 2 is 2.33 bits per heavy atom. The van der Waals surface area contributed by atoms with Crippen molar-refractivity contribution in [3.05, 3.63) is 45.2 Å². The second kappa shape index (κ2) is 5.37. The zero-order chi connectivity index (χ0) is 13.1. The maximum Gasteiger partial charge on any atom is 0.251 e. The normalized spacial score (nSPS) is 12.1. The summed E-state index contributed by atoms with van der Waals surface area (Å²) in [4.78, 5) is 15.8. The van der Waals surface area contributed by atoms with Gasteiger partial charge in [0.1, 0.15) is 11.0 Å². The summed E-state index contributed by atoms with van der Waals surface area (Å²) >= 11 is 7.35. The Labute approximate surface area is 114 Å². The minimum Gasteiger partial charge on any atom is -0.384 e. The first-order chi connectivity index (χ1) is 8.56. The lowest BCUT2D eigenvalue weighted by atomic mass is 10.1. The molecule has 1 atom stereocenters. The molecule has 94 valence electrons. The zero-order valence-corrected chi connectivity index (χ0v) is 11.3. The van der Waals surface area contributed by atoms with E-state index in [1.807, 2.05) is 23.8 Å². The van der Waals surface area contributed by atoms with Gasteiger partial charge < -0.3 is 11.1 Å². The first-order valence-electron chi connectivity index (χ1n) is 5.32. The first kappa shape index (κ1) is 12.9. The van der Waals surface area contributed by atoms with Crippen molar-refractivity contribution in [1.82, 2.24) is 10.3 Å². The van der Waals surface area contributed by atoms with Crippen LogP contribution in [0.25, 0.3) is 0 Å². The molecule has 6 heteroatoms. The van der Waals surface area contributed by atoms with Gasteiger partial charge in [-0.25, -0.2) is 4.98 Å². The molecule has 1 unspecified atom stereocenters. The highest BCUT2D eigenvalue weighted by Gasteiger charge is 2.13. The number of carbonyl (C=O) groups excluding carboxylic acids is 1. The van der Waals surface area contributed by atoms with Crippen LogP contribution >= 0.6 is 22.9 Å². The van der Waals surface area contributed by atoms with Crippen LogP contribution in [-0.2, 0) is 0 Å². The van der Waals surface area contributed by atoms with Crippen LogP contribution < -0.4 is 11.1 Å². The largest absolute Gasteiger partial charge is 0.384 e. The smallest absolute Gasteiger partial charge is 0.251 e. The van der Waals surface area contributed by atoms with Crippen LogP contribution in [-0.4, -0.2) is 10.9 Å². The SMILES string of the molecule is CC(NC(=O)c1cc(N)nc(Cl)c1)c1ccsc1. The van der Waals surface area contributed by atoms with Gasteiger partial charge in [-0.3, -0.25) is 4.79 Å². The van der Waals surface area contributed by atoms with Crippen LogP contribution in [0.2, 0.25) is 5.15 Å². The maximum absolute atomic E-state index is 12.0. The van der Waals surface area contributed by atoms with Gasteiger partial charge in [-0.1, -0.05) is 11.6 Å². The average Bonchev–Trinajstić information content (AvgIpc) is 2.80.